The molecule has 6 aromatic rings. The second kappa shape index (κ2) is 18.4. The molecule has 1 fully saturated rings. The van der Waals surface area contributed by atoms with E-state index in [-0.39, 0.29) is 22.3 Å². The highest BCUT2D eigenvalue weighted by Gasteiger charge is 2.22. The Hall–Kier alpha value is -5.16. The van der Waals surface area contributed by atoms with E-state index in [1.165, 1.54) is 29.6 Å². The van der Waals surface area contributed by atoms with Crippen LogP contribution < -0.4 is 14.9 Å². The van der Waals surface area contributed by atoms with Gasteiger partial charge in [0, 0.05) is 65.5 Å². The molecule has 1 atom stereocenters. The molecule has 1 aliphatic heterocycles. The summed E-state index contributed by atoms with van der Waals surface area (Å²) >= 11 is 7.89. The number of aromatic nitrogens is 2. The summed E-state index contributed by atoms with van der Waals surface area (Å²) in [4.78, 5) is 16.9. The van der Waals surface area contributed by atoms with Crippen molar-refractivity contribution in [2.24, 2.45) is 0 Å². The number of nitriles is 1. The van der Waals surface area contributed by atoms with Crippen LogP contribution in [-0.4, -0.2) is 86.8 Å². The maximum atomic E-state index is 13.7. The maximum Gasteiger partial charge on any atom is 0.263 e. The van der Waals surface area contributed by atoms with E-state index in [4.69, 9.17) is 11.6 Å². The van der Waals surface area contributed by atoms with Gasteiger partial charge in [-0.05, 0) is 104 Å². The number of nitrogens with one attached hydrogen (secondary N) is 2. The standard InChI is InChI=1S/C44H45ClN8O2S2/c1-51(2)21-20-36(30-56-38-9-4-3-5-10-38)49-42-19-17-39(26-34(42)28-46)57(54,55)50-44-41-18-16-37(27-43(41)47-31-48-44)53-24-22-52(23-25-53)29-33-8-6-7-11-40(33)32-12-14-35(45)15-13-32/h3-19,26-27,31,36,49H,20-25,29-30H2,1-2H3,(H,47,48,50)/t36-/m1/s1. The predicted molar refractivity (Wildman–Crippen MR) is 234 cm³/mol. The van der Waals surface area contributed by atoms with Crippen molar-refractivity contribution >= 4 is 61.5 Å². The summed E-state index contributed by atoms with van der Waals surface area (Å²) in [5, 5.41) is 14.9. The van der Waals surface area contributed by atoms with E-state index in [9.17, 15) is 13.7 Å². The van der Waals surface area contributed by atoms with Crippen LogP contribution in [0.15, 0.2) is 131 Å². The lowest BCUT2D eigenvalue weighted by molar-refractivity contribution is 0.250. The average molecular weight is 817 g/mol. The molecule has 1 aliphatic rings. The van der Waals surface area contributed by atoms with Crippen LogP contribution in [0.5, 0.6) is 0 Å². The fraction of sp³-hybridized carbons (Fsp3) is 0.250. The Morgan fingerprint density at radius 1 is 0.895 bits per heavy atom. The molecule has 2 heterocycles. The van der Waals surface area contributed by atoms with E-state index in [1.54, 1.807) is 17.8 Å². The van der Waals surface area contributed by atoms with Crippen LogP contribution in [0.1, 0.15) is 17.5 Å². The summed E-state index contributed by atoms with van der Waals surface area (Å²) in [5.41, 5.74) is 6.14. The highest BCUT2D eigenvalue weighted by molar-refractivity contribution is 7.99. The van der Waals surface area contributed by atoms with E-state index in [0.717, 1.165) is 72.6 Å². The fourth-order valence-corrected chi connectivity index (χ4v) is 9.11. The predicted octanol–water partition coefficient (Wildman–Crippen LogP) is 8.47. The van der Waals surface area contributed by atoms with E-state index >= 15 is 0 Å². The summed E-state index contributed by atoms with van der Waals surface area (Å²) in [5.74, 6) is 0.960. The topological polar surface area (TPSA) is 117 Å². The van der Waals surface area contributed by atoms with Crippen molar-refractivity contribution in [1.29, 1.82) is 5.26 Å². The van der Waals surface area contributed by atoms with Crippen molar-refractivity contribution in [2.75, 3.05) is 67.5 Å². The third-order valence-corrected chi connectivity index (χ3v) is 12.8. The first-order valence-corrected chi connectivity index (χ1v) is 21.7. The number of nitrogens with zero attached hydrogens (tertiary/aromatic N) is 6. The second-order valence-electron chi connectivity index (χ2n) is 14.3. The zero-order valence-corrected chi connectivity index (χ0v) is 34.4. The molecule has 0 amide bonds. The van der Waals surface area contributed by atoms with Gasteiger partial charge in [0.15, 0.2) is 5.82 Å². The van der Waals surface area contributed by atoms with Crippen molar-refractivity contribution in [1.82, 2.24) is 19.8 Å². The van der Waals surface area contributed by atoms with E-state index in [0.29, 0.717) is 16.6 Å². The minimum Gasteiger partial charge on any atom is -0.380 e. The molecule has 1 saturated heterocycles. The lowest BCUT2D eigenvalue weighted by Gasteiger charge is -2.36. The van der Waals surface area contributed by atoms with Gasteiger partial charge in [0.1, 0.15) is 12.4 Å². The largest absolute Gasteiger partial charge is 0.380 e. The summed E-state index contributed by atoms with van der Waals surface area (Å²) in [6, 6.07) is 39.4. The molecule has 1 aromatic heterocycles. The van der Waals surface area contributed by atoms with Gasteiger partial charge >= 0.3 is 0 Å². The van der Waals surface area contributed by atoms with Crippen molar-refractivity contribution < 1.29 is 8.42 Å². The number of thioether (sulfide) groups is 1. The van der Waals surface area contributed by atoms with Crippen molar-refractivity contribution in [3.8, 4) is 17.2 Å². The first-order valence-electron chi connectivity index (χ1n) is 18.9. The average Bonchev–Trinajstić information content (AvgIpc) is 3.23. The molecule has 292 valence electrons. The van der Waals surface area contributed by atoms with Crippen LogP contribution in [0.2, 0.25) is 5.02 Å². The zero-order valence-electron chi connectivity index (χ0n) is 32.0. The molecule has 2 N–H and O–H groups in total. The molecule has 0 bridgehead atoms. The second-order valence-corrected chi connectivity index (χ2v) is 17.5. The van der Waals surface area contributed by atoms with E-state index in [1.807, 2.05) is 62.6 Å². The SMILES string of the molecule is CN(C)CC[C@H](CSc1ccccc1)Nc1ccc(S(=O)(=O)Nc2ncnc3cc(N4CCN(Cc5ccccc5-c5ccc(Cl)cc5)CC4)ccc23)cc1C#N. The van der Waals surface area contributed by atoms with Gasteiger partial charge in [-0.25, -0.2) is 18.4 Å². The minimum atomic E-state index is -4.09. The van der Waals surface area contributed by atoms with Crippen molar-refractivity contribution in [3.05, 3.63) is 138 Å². The Kier molecular flexibility index (Phi) is 12.9. The van der Waals surface area contributed by atoms with Gasteiger partial charge in [-0.3, -0.25) is 9.62 Å². The number of rotatable bonds is 15. The maximum absolute atomic E-state index is 13.7. The van der Waals surface area contributed by atoms with Gasteiger partial charge < -0.3 is 15.1 Å². The van der Waals surface area contributed by atoms with Crippen molar-refractivity contribution in [2.45, 2.75) is 28.8 Å². The third-order valence-electron chi connectivity index (χ3n) is 10.1. The summed E-state index contributed by atoms with van der Waals surface area (Å²) in [6.45, 7) is 5.18. The number of benzene rings is 5. The summed E-state index contributed by atoms with van der Waals surface area (Å²) in [7, 11) is -0.0265. The highest BCUT2D eigenvalue weighted by atomic mass is 35.5. The molecular formula is C44H45ClN8O2S2. The molecular weight excluding hydrogens is 772 g/mol. The lowest BCUT2D eigenvalue weighted by Crippen LogP contribution is -2.46. The van der Waals surface area contributed by atoms with Crippen LogP contribution in [0.4, 0.5) is 17.2 Å². The van der Waals surface area contributed by atoms with Gasteiger partial charge in [-0.15, -0.1) is 11.8 Å². The smallest absolute Gasteiger partial charge is 0.263 e. The Bertz CT molecular complexity index is 2450. The number of hydrogen-bond donors (Lipinski definition) is 2. The number of hydrogen-bond acceptors (Lipinski definition) is 10. The van der Waals surface area contributed by atoms with Crippen LogP contribution in [0, 0.1) is 11.3 Å². The normalized spacial score (nSPS) is 14.1. The number of halogens is 1. The third kappa shape index (κ3) is 10.2. The van der Waals surface area contributed by atoms with Gasteiger partial charge in [0.05, 0.1) is 21.7 Å². The Morgan fingerprint density at radius 2 is 1.65 bits per heavy atom. The molecule has 0 spiro atoms. The molecule has 0 radical (unpaired) electrons. The van der Waals surface area contributed by atoms with Gasteiger partial charge in [-0.1, -0.05) is 66.2 Å². The molecule has 0 aliphatic carbocycles. The quantitative estimate of drug-likeness (QED) is 0.0978. The number of anilines is 3. The molecule has 7 rings (SSSR count). The summed E-state index contributed by atoms with van der Waals surface area (Å²) in [6.07, 6.45) is 2.22. The first kappa shape index (κ1) is 40.1. The Labute approximate surface area is 344 Å². The minimum absolute atomic E-state index is 0.0230. The molecule has 10 nitrogen and oxygen atoms in total. The fourth-order valence-electron chi connectivity index (χ4n) is 6.94. The summed E-state index contributed by atoms with van der Waals surface area (Å²) < 4.78 is 30.2. The van der Waals surface area contributed by atoms with Crippen LogP contribution in [0.25, 0.3) is 22.0 Å². The van der Waals surface area contributed by atoms with Crippen LogP contribution in [0.3, 0.4) is 0 Å². The number of fused-ring (bicyclic) bond motifs is 1. The Balaban J connectivity index is 1.01. The molecule has 0 saturated carbocycles. The Morgan fingerprint density at radius 3 is 2.40 bits per heavy atom. The first-order chi connectivity index (χ1) is 27.6. The van der Waals surface area contributed by atoms with Crippen LogP contribution in [-0.2, 0) is 16.6 Å². The van der Waals surface area contributed by atoms with Crippen LogP contribution >= 0.6 is 23.4 Å². The number of piperazine rings is 1. The lowest BCUT2D eigenvalue weighted by atomic mass is 9.99. The van der Waals surface area contributed by atoms with Crippen molar-refractivity contribution in [3.63, 3.8) is 0 Å². The van der Waals surface area contributed by atoms with Gasteiger partial charge in [0.25, 0.3) is 10.0 Å². The monoisotopic (exact) mass is 816 g/mol. The van der Waals surface area contributed by atoms with E-state index < -0.39 is 10.0 Å². The number of sulfonamides is 1. The molecule has 13 heteroatoms. The van der Waals surface area contributed by atoms with E-state index in [2.05, 4.69) is 89.3 Å². The van der Waals surface area contributed by atoms with Gasteiger partial charge in [-0.2, -0.15) is 5.26 Å². The van der Waals surface area contributed by atoms with Gasteiger partial charge in [0.2, 0.25) is 0 Å². The molecule has 0 unspecified atom stereocenters. The highest BCUT2D eigenvalue weighted by Crippen LogP contribution is 2.31. The molecule has 57 heavy (non-hydrogen) atoms. The molecule has 5 aromatic carbocycles. The zero-order chi connectivity index (χ0) is 39.8.